The van der Waals surface area contributed by atoms with E-state index in [1.807, 2.05) is 0 Å². The minimum absolute atomic E-state index is 0.128. The van der Waals surface area contributed by atoms with E-state index in [0.29, 0.717) is 12.5 Å². The van der Waals surface area contributed by atoms with Crippen LogP contribution in [0.1, 0.15) is 26.2 Å². The van der Waals surface area contributed by atoms with E-state index in [2.05, 4.69) is 22.5 Å². The average molecular weight is 249 g/mol. The Kier molecular flexibility index (Phi) is 7.97. The van der Waals surface area contributed by atoms with Gasteiger partial charge in [-0.25, -0.2) is 8.42 Å². The molecule has 0 unspecified atom stereocenters. The molecule has 0 aromatic carbocycles. The topological polar surface area (TPSA) is 70.6 Å². The largest absolute Gasteiger partial charge is 0.356 e. The maximum Gasteiger partial charge on any atom is 0.191 e. The van der Waals surface area contributed by atoms with Crippen molar-refractivity contribution in [2.24, 2.45) is 4.99 Å². The van der Waals surface area contributed by atoms with E-state index >= 15 is 0 Å². The van der Waals surface area contributed by atoms with Gasteiger partial charge in [-0.2, -0.15) is 0 Å². The van der Waals surface area contributed by atoms with Gasteiger partial charge in [0.05, 0.1) is 5.75 Å². The van der Waals surface area contributed by atoms with Crippen molar-refractivity contribution in [3.63, 3.8) is 0 Å². The Morgan fingerprint density at radius 2 is 1.81 bits per heavy atom. The average Bonchev–Trinajstić information content (AvgIpc) is 2.20. The predicted molar refractivity (Wildman–Crippen MR) is 68.6 cm³/mol. The van der Waals surface area contributed by atoms with Gasteiger partial charge in [0, 0.05) is 26.4 Å². The molecule has 0 atom stereocenters. The zero-order valence-corrected chi connectivity index (χ0v) is 11.2. The normalized spacial score (nSPS) is 12.6. The Bertz CT molecular complexity index is 299. The highest BCUT2D eigenvalue weighted by atomic mass is 32.2. The molecule has 0 saturated heterocycles. The van der Waals surface area contributed by atoms with E-state index in [9.17, 15) is 8.42 Å². The van der Waals surface area contributed by atoms with E-state index in [-0.39, 0.29) is 5.75 Å². The van der Waals surface area contributed by atoms with Gasteiger partial charge in [-0.3, -0.25) is 4.99 Å². The summed E-state index contributed by atoms with van der Waals surface area (Å²) in [5.74, 6) is 0.794. The highest BCUT2D eigenvalue weighted by Crippen LogP contribution is 1.90. The van der Waals surface area contributed by atoms with Crippen LogP contribution in [0.5, 0.6) is 0 Å². The van der Waals surface area contributed by atoms with Gasteiger partial charge in [0.25, 0.3) is 0 Å². The second-order valence-electron chi connectivity index (χ2n) is 3.76. The molecule has 0 amide bonds. The summed E-state index contributed by atoms with van der Waals surface area (Å²) in [6.07, 6.45) is 4.70. The van der Waals surface area contributed by atoms with Crippen LogP contribution in [0, 0.1) is 0 Å². The summed E-state index contributed by atoms with van der Waals surface area (Å²) in [6.45, 7) is 3.41. The summed E-state index contributed by atoms with van der Waals surface area (Å²) < 4.78 is 21.8. The first-order valence-corrected chi connectivity index (χ1v) is 7.68. The standard InChI is InChI=1S/C10H23N3O2S/c1-4-5-6-7-12-10(11-2)13-8-9-16(3,14)15/h4-9H2,1-3H3,(H2,11,12,13). The summed E-state index contributed by atoms with van der Waals surface area (Å²) in [6, 6.07) is 0. The molecule has 0 rings (SSSR count). The van der Waals surface area contributed by atoms with Gasteiger partial charge in [-0.15, -0.1) is 0 Å². The fourth-order valence-electron chi connectivity index (χ4n) is 1.16. The van der Waals surface area contributed by atoms with Gasteiger partial charge in [-0.05, 0) is 6.42 Å². The van der Waals surface area contributed by atoms with Gasteiger partial charge in [-0.1, -0.05) is 19.8 Å². The summed E-state index contributed by atoms with van der Waals surface area (Å²) in [5.41, 5.74) is 0. The number of hydrogen-bond acceptors (Lipinski definition) is 3. The van der Waals surface area contributed by atoms with Crippen LogP contribution < -0.4 is 10.6 Å². The maximum atomic E-state index is 10.9. The van der Waals surface area contributed by atoms with Crippen molar-refractivity contribution in [3.8, 4) is 0 Å². The lowest BCUT2D eigenvalue weighted by Gasteiger charge is -2.10. The summed E-state index contributed by atoms with van der Waals surface area (Å²) in [5, 5.41) is 6.10. The second-order valence-corrected chi connectivity index (χ2v) is 6.02. The number of unbranched alkanes of at least 4 members (excludes halogenated alkanes) is 2. The van der Waals surface area contributed by atoms with Crippen LogP contribution >= 0.6 is 0 Å². The monoisotopic (exact) mass is 249 g/mol. The molecule has 0 heterocycles. The lowest BCUT2D eigenvalue weighted by Crippen LogP contribution is -2.39. The molecule has 5 nitrogen and oxygen atoms in total. The van der Waals surface area contributed by atoms with Crippen LogP contribution in [0.3, 0.4) is 0 Å². The molecule has 0 radical (unpaired) electrons. The minimum atomic E-state index is -2.90. The van der Waals surface area contributed by atoms with Crippen molar-refractivity contribution in [3.05, 3.63) is 0 Å². The molecule has 0 aromatic heterocycles. The molecule has 0 saturated carbocycles. The van der Waals surface area contributed by atoms with Crippen LogP contribution in [0.25, 0.3) is 0 Å². The Morgan fingerprint density at radius 3 is 2.31 bits per heavy atom. The molecule has 0 aliphatic carbocycles. The van der Waals surface area contributed by atoms with Gasteiger partial charge in [0.15, 0.2) is 5.96 Å². The Labute approximate surface area is 98.6 Å². The maximum absolute atomic E-state index is 10.9. The molecule has 0 fully saturated rings. The molecule has 6 heteroatoms. The number of sulfone groups is 1. The number of guanidine groups is 1. The van der Waals surface area contributed by atoms with E-state index in [0.717, 1.165) is 13.0 Å². The molecule has 0 aliphatic rings. The zero-order chi connectivity index (χ0) is 12.4. The molecular weight excluding hydrogens is 226 g/mol. The molecular formula is C10H23N3O2S. The van der Waals surface area contributed by atoms with Crippen molar-refractivity contribution in [1.29, 1.82) is 0 Å². The first-order chi connectivity index (χ1) is 7.49. The molecule has 0 spiro atoms. The highest BCUT2D eigenvalue weighted by molar-refractivity contribution is 7.90. The Balaban J connectivity index is 3.69. The van der Waals surface area contributed by atoms with E-state index in [1.54, 1.807) is 7.05 Å². The summed E-state index contributed by atoms with van der Waals surface area (Å²) >= 11 is 0. The number of nitrogens with one attached hydrogen (secondary N) is 2. The number of nitrogens with zero attached hydrogens (tertiary/aromatic N) is 1. The molecule has 0 aliphatic heterocycles. The second kappa shape index (κ2) is 8.38. The van der Waals surface area contributed by atoms with E-state index in [4.69, 9.17) is 0 Å². The number of aliphatic imine (C=N–C) groups is 1. The Morgan fingerprint density at radius 1 is 1.19 bits per heavy atom. The minimum Gasteiger partial charge on any atom is -0.356 e. The third-order valence-corrected chi connectivity index (χ3v) is 3.01. The third-order valence-electron chi connectivity index (χ3n) is 2.06. The van der Waals surface area contributed by atoms with Crippen molar-refractivity contribution >= 4 is 15.8 Å². The van der Waals surface area contributed by atoms with Gasteiger partial charge in [0.1, 0.15) is 9.84 Å². The molecule has 0 bridgehead atoms. The first-order valence-electron chi connectivity index (χ1n) is 5.62. The first kappa shape index (κ1) is 15.2. The number of rotatable bonds is 7. The SMILES string of the molecule is CCCCCNC(=NC)NCCS(C)(=O)=O. The Hall–Kier alpha value is -0.780. The zero-order valence-electron chi connectivity index (χ0n) is 10.4. The highest BCUT2D eigenvalue weighted by Gasteiger charge is 2.02. The fraction of sp³-hybridized carbons (Fsp3) is 0.900. The van der Waals surface area contributed by atoms with Crippen molar-refractivity contribution in [2.75, 3.05) is 32.1 Å². The van der Waals surface area contributed by atoms with Gasteiger partial charge >= 0.3 is 0 Å². The number of hydrogen-bond donors (Lipinski definition) is 2. The van der Waals surface area contributed by atoms with Crippen LogP contribution in [0.15, 0.2) is 4.99 Å². The predicted octanol–water partition coefficient (Wildman–Crippen LogP) is 0.386. The third kappa shape index (κ3) is 9.76. The molecule has 96 valence electrons. The van der Waals surface area contributed by atoms with Crippen LogP contribution in [0.4, 0.5) is 0 Å². The van der Waals surface area contributed by atoms with Crippen LogP contribution in [-0.4, -0.2) is 46.5 Å². The molecule has 16 heavy (non-hydrogen) atoms. The van der Waals surface area contributed by atoms with Crippen LogP contribution in [-0.2, 0) is 9.84 Å². The van der Waals surface area contributed by atoms with Crippen molar-refractivity contribution < 1.29 is 8.42 Å². The van der Waals surface area contributed by atoms with Gasteiger partial charge in [0.2, 0.25) is 0 Å². The molecule has 0 aromatic rings. The lowest BCUT2D eigenvalue weighted by atomic mass is 10.2. The summed E-state index contributed by atoms with van der Waals surface area (Å²) in [4.78, 5) is 4.00. The summed E-state index contributed by atoms with van der Waals surface area (Å²) in [7, 11) is -1.23. The van der Waals surface area contributed by atoms with E-state index in [1.165, 1.54) is 19.1 Å². The lowest BCUT2D eigenvalue weighted by molar-refractivity contribution is 0.600. The smallest absolute Gasteiger partial charge is 0.191 e. The van der Waals surface area contributed by atoms with Gasteiger partial charge < -0.3 is 10.6 Å². The van der Waals surface area contributed by atoms with E-state index < -0.39 is 9.84 Å². The fourth-order valence-corrected chi connectivity index (χ4v) is 1.63. The van der Waals surface area contributed by atoms with Crippen molar-refractivity contribution in [1.82, 2.24) is 10.6 Å². The molecule has 2 N–H and O–H groups in total. The van der Waals surface area contributed by atoms with Crippen LogP contribution in [0.2, 0.25) is 0 Å². The van der Waals surface area contributed by atoms with Crippen molar-refractivity contribution in [2.45, 2.75) is 26.2 Å². The quantitative estimate of drug-likeness (QED) is 0.389.